The first kappa shape index (κ1) is 27.4. The van der Waals surface area contributed by atoms with Crippen LogP contribution in [0.2, 0.25) is 0 Å². The lowest BCUT2D eigenvalue weighted by atomic mass is 9.95. The number of carbonyl (C=O) groups excluding carboxylic acids is 5. The number of aliphatic hydroxyl groups excluding tert-OH is 1. The van der Waals surface area contributed by atoms with Gasteiger partial charge in [-0.3, -0.25) is 34.1 Å². The minimum absolute atomic E-state index is 0.106. The maximum atomic E-state index is 13.0. The Morgan fingerprint density at radius 2 is 1.65 bits per heavy atom. The van der Waals surface area contributed by atoms with Crippen LogP contribution in [0.1, 0.15) is 48.4 Å². The molecule has 0 aromatic heterocycles. The smallest absolute Gasteiger partial charge is 0.303 e. The number of nitrogens with zero attached hydrogens (tertiary/aromatic N) is 1. The van der Waals surface area contributed by atoms with Gasteiger partial charge in [-0.15, -0.1) is 0 Å². The zero-order chi connectivity index (χ0) is 27.6. The van der Waals surface area contributed by atoms with E-state index in [1.807, 2.05) is 0 Å². The predicted molar refractivity (Wildman–Crippen MR) is 120 cm³/mol. The topological polar surface area (TPSA) is 198 Å². The van der Waals surface area contributed by atoms with Crippen LogP contribution in [-0.2, 0) is 33.3 Å². The number of allylic oxidation sites excluding steroid dienone is 2. The van der Waals surface area contributed by atoms with Crippen molar-refractivity contribution < 1.29 is 52.9 Å². The number of nitro benzene ring substituents is 1. The molecule has 14 heteroatoms. The Labute approximate surface area is 209 Å². The zero-order valence-corrected chi connectivity index (χ0v) is 20.2. The van der Waals surface area contributed by atoms with E-state index in [0.29, 0.717) is 0 Å². The highest BCUT2D eigenvalue weighted by Gasteiger charge is 2.50. The Balaban J connectivity index is 2.00. The molecule has 1 saturated heterocycles. The van der Waals surface area contributed by atoms with Gasteiger partial charge < -0.3 is 29.4 Å². The van der Waals surface area contributed by atoms with E-state index in [4.69, 9.17) is 18.9 Å². The fraction of sp³-hybridized carbons (Fsp3) is 0.435. The molecule has 0 radical (unpaired) electrons. The van der Waals surface area contributed by atoms with E-state index in [-0.39, 0.29) is 16.8 Å². The summed E-state index contributed by atoms with van der Waals surface area (Å²) in [6.07, 6.45) is -5.80. The van der Waals surface area contributed by atoms with Crippen LogP contribution >= 0.6 is 0 Å². The molecule has 1 fully saturated rings. The second kappa shape index (κ2) is 10.8. The lowest BCUT2D eigenvalue weighted by molar-refractivity contribution is -0.385. The Morgan fingerprint density at radius 1 is 1.03 bits per heavy atom. The maximum Gasteiger partial charge on any atom is 0.303 e. The van der Waals surface area contributed by atoms with E-state index in [1.54, 1.807) is 0 Å². The second-order valence-corrected chi connectivity index (χ2v) is 8.30. The number of rotatable bonds is 7. The van der Waals surface area contributed by atoms with Gasteiger partial charge in [0.2, 0.25) is 5.78 Å². The Kier molecular flexibility index (Phi) is 8.03. The predicted octanol–water partition coefficient (Wildman–Crippen LogP) is 0.350. The molecule has 2 aliphatic rings. The number of Topliss-reactive ketones (excluding diaryl/α,β-unsaturated/α-hetero) is 2. The lowest BCUT2D eigenvalue weighted by Crippen LogP contribution is -2.65. The Hall–Kier alpha value is -4.17. The van der Waals surface area contributed by atoms with Crippen molar-refractivity contribution in [2.45, 2.75) is 58.3 Å². The summed E-state index contributed by atoms with van der Waals surface area (Å²) in [6, 6.07) is 2.27. The summed E-state index contributed by atoms with van der Waals surface area (Å²) in [4.78, 5) is 71.6. The molecular formula is C23H24N2O12. The molecule has 5 atom stereocenters. The normalized spacial score (nSPS) is 26.1. The van der Waals surface area contributed by atoms with E-state index in [1.165, 1.54) is 19.1 Å². The first-order valence-corrected chi connectivity index (χ1v) is 11.0. The highest BCUT2D eigenvalue weighted by atomic mass is 16.7. The van der Waals surface area contributed by atoms with Crippen molar-refractivity contribution in [3.05, 3.63) is 50.7 Å². The number of esters is 3. The van der Waals surface area contributed by atoms with Crippen molar-refractivity contribution in [2.24, 2.45) is 0 Å². The average Bonchev–Trinajstić information content (AvgIpc) is 3.06. The van der Waals surface area contributed by atoms with Gasteiger partial charge >= 0.3 is 17.9 Å². The number of carbonyl (C=O) groups is 5. The summed E-state index contributed by atoms with van der Waals surface area (Å²) in [5.74, 6) is -4.00. The number of hydrogen-bond acceptors (Lipinski definition) is 13. The molecule has 3 rings (SSSR count). The van der Waals surface area contributed by atoms with Crippen molar-refractivity contribution in [3.8, 4) is 0 Å². The number of hydrogen-bond donors (Lipinski definition) is 2. The lowest BCUT2D eigenvalue weighted by Gasteiger charge is -2.44. The van der Waals surface area contributed by atoms with Crippen LogP contribution in [0.5, 0.6) is 0 Å². The van der Waals surface area contributed by atoms with Gasteiger partial charge in [0.15, 0.2) is 24.3 Å². The standard InChI is InChI=1S/C23H24N2O12/c1-9(16-19(29)13-6-5-7-14(25(32)33)17(13)20(16)30)24-18-22(36-12(4)28)21(35-11(3)27)15(37-23(18)31)8-34-10(2)26/h5-7,15,18,21-24,31H,8H2,1-4H3/t15-,18-,21-,22-,23+/m1/s1. The fourth-order valence-electron chi connectivity index (χ4n) is 4.22. The van der Waals surface area contributed by atoms with Crippen molar-refractivity contribution in [3.63, 3.8) is 0 Å². The van der Waals surface area contributed by atoms with Gasteiger partial charge in [-0.2, -0.15) is 0 Å². The Bertz CT molecular complexity index is 1210. The number of fused-ring (bicyclic) bond motifs is 1. The first-order valence-electron chi connectivity index (χ1n) is 11.0. The first-order chi connectivity index (χ1) is 17.3. The van der Waals surface area contributed by atoms with Crippen LogP contribution in [0.3, 0.4) is 0 Å². The Morgan fingerprint density at radius 3 is 2.22 bits per heavy atom. The van der Waals surface area contributed by atoms with Crippen LogP contribution < -0.4 is 5.32 Å². The highest BCUT2D eigenvalue weighted by molar-refractivity contribution is 6.40. The SMILES string of the molecule is CC(=O)OC[C@H]1O[C@H](O)[C@H](NC(C)=C2C(=O)c3cccc([N+](=O)[O-])c3C2=O)[C@@H](OC(C)=O)[C@@H]1OC(C)=O. The second-order valence-electron chi connectivity index (χ2n) is 8.30. The number of benzene rings is 1. The van der Waals surface area contributed by atoms with E-state index < -0.39 is 82.9 Å². The molecule has 2 N–H and O–H groups in total. The molecule has 0 saturated carbocycles. The van der Waals surface area contributed by atoms with Crippen molar-refractivity contribution in [2.75, 3.05) is 6.61 Å². The molecule has 0 spiro atoms. The molecule has 1 heterocycles. The summed E-state index contributed by atoms with van der Waals surface area (Å²) in [5, 5.41) is 24.8. The zero-order valence-electron chi connectivity index (χ0n) is 20.2. The van der Waals surface area contributed by atoms with E-state index >= 15 is 0 Å². The van der Waals surface area contributed by atoms with Crippen LogP contribution in [0.4, 0.5) is 5.69 Å². The highest BCUT2D eigenvalue weighted by Crippen LogP contribution is 2.35. The molecule has 1 aromatic carbocycles. The third kappa shape index (κ3) is 5.65. The summed E-state index contributed by atoms with van der Waals surface area (Å²) < 4.78 is 21.0. The van der Waals surface area contributed by atoms with Gasteiger partial charge in [0.25, 0.3) is 5.69 Å². The van der Waals surface area contributed by atoms with Crippen LogP contribution in [0.25, 0.3) is 0 Å². The van der Waals surface area contributed by atoms with Gasteiger partial charge in [0.1, 0.15) is 24.3 Å². The number of nitro groups is 1. The van der Waals surface area contributed by atoms with Gasteiger partial charge in [-0.05, 0) is 13.0 Å². The van der Waals surface area contributed by atoms with E-state index in [0.717, 1.165) is 26.8 Å². The van der Waals surface area contributed by atoms with Gasteiger partial charge in [0, 0.05) is 38.1 Å². The minimum atomic E-state index is -1.77. The maximum absolute atomic E-state index is 13.0. The quantitative estimate of drug-likeness (QED) is 0.125. The number of ketones is 2. The third-order valence-electron chi connectivity index (χ3n) is 5.64. The monoisotopic (exact) mass is 520 g/mol. The molecular weight excluding hydrogens is 496 g/mol. The fourth-order valence-corrected chi connectivity index (χ4v) is 4.22. The molecule has 37 heavy (non-hydrogen) atoms. The summed E-state index contributed by atoms with van der Waals surface area (Å²) >= 11 is 0. The van der Waals surface area contributed by atoms with Crippen LogP contribution in [-0.4, -0.2) is 76.8 Å². The molecule has 1 aliphatic carbocycles. The van der Waals surface area contributed by atoms with Crippen molar-refractivity contribution in [1.82, 2.24) is 5.32 Å². The van der Waals surface area contributed by atoms with Gasteiger partial charge in [-0.1, -0.05) is 6.07 Å². The van der Waals surface area contributed by atoms with Crippen LogP contribution in [0.15, 0.2) is 29.5 Å². The van der Waals surface area contributed by atoms with Gasteiger partial charge in [-0.25, -0.2) is 0 Å². The third-order valence-corrected chi connectivity index (χ3v) is 5.64. The summed E-state index contributed by atoms with van der Waals surface area (Å²) in [7, 11) is 0. The summed E-state index contributed by atoms with van der Waals surface area (Å²) in [6.45, 7) is 4.13. The van der Waals surface area contributed by atoms with Gasteiger partial charge in [0.05, 0.1) is 10.5 Å². The number of aliphatic hydroxyl groups is 1. The van der Waals surface area contributed by atoms with E-state index in [2.05, 4.69) is 5.32 Å². The molecule has 0 bridgehead atoms. The largest absolute Gasteiger partial charge is 0.463 e. The van der Waals surface area contributed by atoms with E-state index in [9.17, 15) is 39.2 Å². The van der Waals surface area contributed by atoms with Crippen molar-refractivity contribution in [1.29, 1.82) is 0 Å². The molecule has 14 nitrogen and oxygen atoms in total. The molecule has 198 valence electrons. The van der Waals surface area contributed by atoms with Crippen molar-refractivity contribution >= 4 is 35.2 Å². The average molecular weight is 520 g/mol. The summed E-state index contributed by atoms with van der Waals surface area (Å²) in [5.41, 5.74) is -1.61. The molecule has 0 unspecified atom stereocenters. The molecule has 1 aromatic rings. The minimum Gasteiger partial charge on any atom is -0.463 e. The number of ether oxygens (including phenoxy) is 4. The molecule has 0 amide bonds. The van der Waals surface area contributed by atoms with Crippen LogP contribution in [0, 0.1) is 10.1 Å². The molecule has 1 aliphatic heterocycles. The number of nitrogens with one attached hydrogen (secondary N) is 1.